The molecule has 3 rings (SSSR count). The number of aromatic hydroxyl groups is 1. The summed E-state index contributed by atoms with van der Waals surface area (Å²) < 4.78 is 38.3. The molecule has 0 unspecified atom stereocenters. The van der Waals surface area contributed by atoms with Crippen LogP contribution < -0.4 is 168 Å². The quantitative estimate of drug-likeness (QED) is 0.114. The largest absolute Gasteiger partial charge is 1.00 e. The van der Waals surface area contributed by atoms with Gasteiger partial charge in [-0.1, -0.05) is 45.9 Å². The summed E-state index contributed by atoms with van der Waals surface area (Å²) in [6, 6.07) is 6.78. The normalized spacial score (nSPS) is 13.4. The number of phenols is 1. The van der Waals surface area contributed by atoms with E-state index in [9.17, 15) is 62.5 Å². The zero-order valence-electron chi connectivity index (χ0n) is 35.0. The second kappa shape index (κ2) is 27.1. The zero-order chi connectivity index (χ0) is 40.1. The number of carbonyl (C=O) groups excluding carboxylic acids is 5. The predicted molar refractivity (Wildman–Crippen MR) is 180 cm³/mol. The number of carboxylic acids is 4. The first-order valence-electron chi connectivity index (χ1n) is 16.4. The third-order valence-corrected chi connectivity index (χ3v) is 9.69. The van der Waals surface area contributed by atoms with Gasteiger partial charge in [-0.05, 0) is 77.3 Å². The van der Waals surface area contributed by atoms with Crippen molar-refractivity contribution in [1.29, 1.82) is 0 Å². The van der Waals surface area contributed by atoms with Gasteiger partial charge in [-0.3, -0.25) is 14.6 Å². The van der Waals surface area contributed by atoms with Gasteiger partial charge in [0.1, 0.15) is 15.9 Å². The van der Waals surface area contributed by atoms with Crippen LogP contribution in [-0.4, -0.2) is 90.3 Å². The Kier molecular flexibility index (Phi) is 29.1. The van der Waals surface area contributed by atoms with Crippen molar-refractivity contribution >= 4 is 45.4 Å². The molecular formula is C37H39N2Na5O13S. The fourth-order valence-electron chi connectivity index (χ4n) is 6.29. The first-order valence-corrected chi connectivity index (χ1v) is 17.8. The average Bonchev–Trinajstić information content (AvgIpc) is 3.01. The Balaban J connectivity index is -0.00000605. The fourth-order valence-corrected chi connectivity index (χ4v) is 6.98. The molecule has 286 valence electrons. The third-order valence-electron chi connectivity index (χ3n) is 8.79. The van der Waals surface area contributed by atoms with Crippen LogP contribution >= 0.6 is 0 Å². The molecule has 0 amide bonds. The number of carbonyl (C=O) groups is 5. The van der Waals surface area contributed by atoms with Gasteiger partial charge in [0.25, 0.3) is 0 Å². The summed E-state index contributed by atoms with van der Waals surface area (Å²) in [5.41, 5.74) is 1.21. The smallest absolute Gasteiger partial charge is 0.744 e. The van der Waals surface area contributed by atoms with Crippen molar-refractivity contribution in [2.24, 2.45) is 5.92 Å². The molecule has 21 heteroatoms. The molecule has 15 nitrogen and oxygen atoms in total. The minimum absolute atomic E-state index is 0. The number of nitrogens with zero attached hydrogens (tertiary/aromatic N) is 2. The average molecular weight is 867 g/mol. The molecular weight excluding hydrogens is 827 g/mol. The Morgan fingerprint density at radius 1 is 0.724 bits per heavy atom. The molecule has 58 heavy (non-hydrogen) atoms. The molecule has 2 aromatic rings. The Bertz CT molecular complexity index is 2030. The van der Waals surface area contributed by atoms with Gasteiger partial charge in [-0.15, -0.1) is 0 Å². The van der Waals surface area contributed by atoms with Gasteiger partial charge in [0.05, 0.1) is 28.8 Å². The van der Waals surface area contributed by atoms with Crippen LogP contribution in [0.2, 0.25) is 0 Å². The van der Waals surface area contributed by atoms with E-state index < -0.39 is 95.8 Å². The van der Waals surface area contributed by atoms with E-state index >= 15 is 0 Å². The van der Waals surface area contributed by atoms with Crippen molar-refractivity contribution in [2.75, 3.05) is 32.7 Å². The van der Waals surface area contributed by atoms with E-state index in [-0.39, 0.29) is 209 Å². The number of hydrogen-bond donors (Lipinski definition) is 1. The molecule has 0 saturated heterocycles. The molecule has 1 N–H and O–H groups in total. The molecule has 0 aliphatic heterocycles. The maximum absolute atomic E-state index is 14.0. The van der Waals surface area contributed by atoms with Crippen molar-refractivity contribution in [3.8, 4) is 5.75 Å². The number of phenolic OH excluding ortho intramolecular Hbond substituents is 1. The van der Waals surface area contributed by atoms with E-state index in [1.165, 1.54) is 38.1 Å². The second-order valence-corrected chi connectivity index (χ2v) is 14.7. The fraction of sp³-hybridized carbons (Fsp3) is 0.378. The number of Topliss-reactive ketones (excluding diaryl/α,β-unsaturated/α-hetero) is 1. The maximum Gasteiger partial charge on any atom is 1.00 e. The first-order chi connectivity index (χ1) is 24.5. The van der Waals surface area contributed by atoms with Crippen molar-refractivity contribution in [3.63, 3.8) is 0 Å². The van der Waals surface area contributed by atoms with E-state index in [2.05, 4.69) is 0 Å². The summed E-state index contributed by atoms with van der Waals surface area (Å²) in [5, 5.41) is 57.7. The molecule has 2 aromatic carbocycles. The minimum atomic E-state index is -5.19. The van der Waals surface area contributed by atoms with Crippen molar-refractivity contribution in [3.05, 3.63) is 86.5 Å². The SMILES string of the molecule is CC1=C(CN(CC(=O)[O-])CC(=O)[O-])C(=O)C(C(C)C)=C/C1=C(\c1ccccc1S(=O)(=O)[O-])c1cc(C(C)C)c(O)c(CN(CC(=O)[O-])CC(=O)[O-])c1C.[Na+].[Na+].[Na+].[Na+].[Na+]. The van der Waals surface area contributed by atoms with E-state index in [4.69, 9.17) is 0 Å². The third kappa shape index (κ3) is 16.5. The zero-order valence-corrected chi connectivity index (χ0v) is 45.8. The number of allylic oxidation sites excluding steroid dienone is 4. The van der Waals surface area contributed by atoms with Gasteiger partial charge in [0.15, 0.2) is 5.78 Å². The molecule has 0 radical (unpaired) electrons. The standard InChI is InChI=1S/C37H44N2O13S.5Na/c1-19(2)24-11-26(21(5)28(36(24)48)13-38(15-31(40)41)16-32(42)43)35(23-9-7-8-10-30(23)53(50,51)52)27-12-25(20(3)4)37(49)29(22(27)6)14-39(17-33(44)45)18-34(46)47;;;;;/h7-12,19-20,48H,13-18H2,1-6H3,(H,40,41)(H,42,43)(H,44,45)(H,46,47)(H,50,51,52);;;;;/q;5*+1/p-5/b35-27-;;;;;. The predicted octanol–water partition coefficient (Wildman–Crippen LogP) is -16.9. The summed E-state index contributed by atoms with van der Waals surface area (Å²) in [4.78, 5) is 61.4. The van der Waals surface area contributed by atoms with Crippen LogP contribution in [0.3, 0.4) is 0 Å². The van der Waals surface area contributed by atoms with E-state index in [1.54, 1.807) is 33.8 Å². The molecule has 0 fully saturated rings. The van der Waals surface area contributed by atoms with Crippen LogP contribution in [0, 0.1) is 12.8 Å². The van der Waals surface area contributed by atoms with E-state index in [0.717, 1.165) is 15.9 Å². The Morgan fingerprint density at radius 3 is 1.59 bits per heavy atom. The number of rotatable bonds is 17. The van der Waals surface area contributed by atoms with Crippen LogP contribution in [0.25, 0.3) is 5.57 Å². The summed E-state index contributed by atoms with van der Waals surface area (Å²) in [7, 11) is -5.19. The summed E-state index contributed by atoms with van der Waals surface area (Å²) >= 11 is 0. The molecule has 0 spiro atoms. The van der Waals surface area contributed by atoms with Crippen molar-refractivity contribution in [1.82, 2.24) is 9.80 Å². The molecule has 0 aromatic heterocycles. The van der Waals surface area contributed by atoms with Crippen LogP contribution in [0.1, 0.15) is 68.4 Å². The van der Waals surface area contributed by atoms with Crippen LogP contribution in [0.4, 0.5) is 0 Å². The second-order valence-electron chi connectivity index (χ2n) is 13.3. The monoisotopic (exact) mass is 866 g/mol. The maximum atomic E-state index is 14.0. The van der Waals surface area contributed by atoms with Gasteiger partial charge >= 0.3 is 148 Å². The molecule has 0 heterocycles. The Labute approximate surface area is 449 Å². The Hall–Kier alpha value is -0.160. The minimum Gasteiger partial charge on any atom is -0.744 e. The van der Waals surface area contributed by atoms with Gasteiger partial charge in [-0.25, -0.2) is 8.42 Å². The van der Waals surface area contributed by atoms with Crippen LogP contribution in [0.15, 0.2) is 63.6 Å². The summed E-state index contributed by atoms with van der Waals surface area (Å²) in [6.07, 6.45) is 1.50. The Morgan fingerprint density at radius 2 is 1.17 bits per heavy atom. The van der Waals surface area contributed by atoms with Crippen molar-refractivity contribution < 1.29 is 210 Å². The molecule has 1 aliphatic rings. The summed E-state index contributed by atoms with van der Waals surface area (Å²) in [6.45, 7) is 5.40. The number of aliphatic carboxylic acids is 4. The molecule has 0 atom stereocenters. The van der Waals surface area contributed by atoms with Crippen molar-refractivity contribution in [2.45, 2.75) is 58.9 Å². The van der Waals surface area contributed by atoms with Gasteiger partial charge in [0, 0.05) is 61.5 Å². The van der Waals surface area contributed by atoms with E-state index in [0.29, 0.717) is 0 Å². The van der Waals surface area contributed by atoms with Crippen LogP contribution in [0.5, 0.6) is 5.75 Å². The summed E-state index contributed by atoms with van der Waals surface area (Å²) in [5.74, 6) is -8.24. The number of ketones is 1. The van der Waals surface area contributed by atoms with Gasteiger partial charge in [-0.2, -0.15) is 0 Å². The van der Waals surface area contributed by atoms with Gasteiger partial charge in [0.2, 0.25) is 0 Å². The first kappa shape index (κ1) is 62.1. The number of carboxylic acid groups (broad SMARTS) is 4. The topological polar surface area (TPSA) is 261 Å². The molecule has 0 saturated carbocycles. The van der Waals surface area contributed by atoms with Gasteiger partial charge < -0.3 is 49.3 Å². The van der Waals surface area contributed by atoms with Crippen LogP contribution in [-0.2, 0) is 40.6 Å². The van der Waals surface area contributed by atoms with E-state index in [1.807, 2.05) is 0 Å². The number of benzene rings is 2. The molecule has 1 aliphatic carbocycles. The molecule has 0 bridgehead atoms. The number of hydrogen-bond acceptors (Lipinski definition) is 15.